The molecule has 186 valence electrons. The molecule has 1 amide bonds. The van der Waals surface area contributed by atoms with E-state index in [1.165, 1.54) is 25.1 Å². The maximum absolute atomic E-state index is 13.5. The van der Waals surface area contributed by atoms with Gasteiger partial charge < -0.3 is 14.8 Å². The van der Waals surface area contributed by atoms with Gasteiger partial charge in [-0.1, -0.05) is 18.2 Å². The zero-order chi connectivity index (χ0) is 25.6. The van der Waals surface area contributed by atoms with Crippen molar-refractivity contribution < 1.29 is 27.4 Å². The number of aromatic nitrogens is 2. The van der Waals surface area contributed by atoms with E-state index >= 15 is 0 Å². The normalized spacial score (nSPS) is 11.3. The van der Waals surface area contributed by atoms with Gasteiger partial charge in [-0.3, -0.25) is 9.59 Å². The molecular weight excluding hydrogens is 463 g/mol. The van der Waals surface area contributed by atoms with Crippen LogP contribution in [0.25, 0.3) is 5.69 Å². The first-order chi connectivity index (χ1) is 16.7. The van der Waals surface area contributed by atoms with Crippen LogP contribution in [-0.2, 0) is 12.6 Å². The van der Waals surface area contributed by atoms with Crippen LogP contribution in [0.15, 0.2) is 53.3 Å². The summed E-state index contributed by atoms with van der Waals surface area (Å²) in [5, 5.41) is 6.58. The van der Waals surface area contributed by atoms with Gasteiger partial charge in [0, 0.05) is 18.3 Å². The molecule has 0 unspecified atom stereocenters. The summed E-state index contributed by atoms with van der Waals surface area (Å²) in [6.07, 6.45) is -4.20. The van der Waals surface area contributed by atoms with Crippen LogP contribution in [0.5, 0.6) is 11.5 Å². The van der Waals surface area contributed by atoms with E-state index in [0.717, 1.165) is 22.4 Å². The summed E-state index contributed by atoms with van der Waals surface area (Å²) in [5.41, 5.74) is -1.34. The molecular formula is C25H26F3N3O4. The first-order valence-electron chi connectivity index (χ1n) is 11.1. The number of ether oxygens (including phenoxy) is 2. The Morgan fingerprint density at radius 2 is 1.71 bits per heavy atom. The molecule has 0 radical (unpaired) electrons. The van der Waals surface area contributed by atoms with E-state index < -0.39 is 28.8 Å². The molecule has 10 heteroatoms. The third-order valence-corrected chi connectivity index (χ3v) is 5.07. The standard InChI is InChI=1S/C25H26F3N3O4/c1-4-34-21-11-10-17(15-22(21)35-5-2)12-13-29-24(33)23-20(32)14-16(3)31(30-23)19-9-7-6-8-18(19)25(26,27)28/h6-11,14-15H,4-5,12-13H2,1-3H3,(H,29,33). The summed E-state index contributed by atoms with van der Waals surface area (Å²) in [6.45, 7) is 6.30. The monoisotopic (exact) mass is 489 g/mol. The molecule has 0 atom stereocenters. The van der Waals surface area contributed by atoms with Gasteiger partial charge in [-0.25, -0.2) is 4.68 Å². The van der Waals surface area contributed by atoms with Gasteiger partial charge in [0.15, 0.2) is 17.2 Å². The summed E-state index contributed by atoms with van der Waals surface area (Å²) in [6, 6.07) is 11.4. The number of hydrogen-bond acceptors (Lipinski definition) is 5. The molecule has 0 aliphatic heterocycles. The fourth-order valence-electron chi connectivity index (χ4n) is 3.50. The van der Waals surface area contributed by atoms with Crippen molar-refractivity contribution in [2.24, 2.45) is 0 Å². The molecule has 0 bridgehead atoms. The number of amides is 1. The molecule has 0 saturated carbocycles. The highest BCUT2D eigenvalue weighted by Crippen LogP contribution is 2.33. The molecule has 2 aromatic carbocycles. The number of nitrogens with zero attached hydrogens (tertiary/aromatic N) is 2. The minimum Gasteiger partial charge on any atom is -0.490 e. The lowest BCUT2D eigenvalue weighted by atomic mass is 10.1. The van der Waals surface area contributed by atoms with Crippen molar-refractivity contribution >= 4 is 5.91 Å². The van der Waals surface area contributed by atoms with Gasteiger partial charge in [-0.15, -0.1) is 0 Å². The Kier molecular flexibility index (Phi) is 8.16. The van der Waals surface area contributed by atoms with E-state index in [9.17, 15) is 22.8 Å². The molecule has 1 N–H and O–H groups in total. The highest BCUT2D eigenvalue weighted by molar-refractivity contribution is 5.92. The van der Waals surface area contributed by atoms with Crippen LogP contribution in [0.4, 0.5) is 13.2 Å². The van der Waals surface area contributed by atoms with Crippen molar-refractivity contribution in [1.82, 2.24) is 15.1 Å². The van der Waals surface area contributed by atoms with Crippen molar-refractivity contribution in [2.45, 2.75) is 33.4 Å². The first kappa shape index (κ1) is 25.8. The van der Waals surface area contributed by atoms with Crippen molar-refractivity contribution in [3.05, 3.63) is 81.3 Å². The lowest BCUT2D eigenvalue weighted by molar-refractivity contribution is -0.137. The fourth-order valence-corrected chi connectivity index (χ4v) is 3.50. The number of carbonyl (C=O) groups is 1. The molecule has 3 rings (SSSR count). The summed E-state index contributed by atoms with van der Waals surface area (Å²) >= 11 is 0. The second-order valence-electron chi connectivity index (χ2n) is 7.58. The predicted molar refractivity (Wildman–Crippen MR) is 124 cm³/mol. The molecule has 7 nitrogen and oxygen atoms in total. The molecule has 1 aromatic heterocycles. The highest BCUT2D eigenvalue weighted by atomic mass is 19.4. The maximum atomic E-state index is 13.5. The van der Waals surface area contributed by atoms with Gasteiger partial charge in [-0.2, -0.15) is 18.3 Å². The Morgan fingerprint density at radius 3 is 2.40 bits per heavy atom. The minimum absolute atomic E-state index is 0.168. The zero-order valence-corrected chi connectivity index (χ0v) is 19.6. The van der Waals surface area contributed by atoms with E-state index in [-0.39, 0.29) is 17.9 Å². The van der Waals surface area contributed by atoms with Crippen molar-refractivity contribution in [3.8, 4) is 17.2 Å². The molecule has 0 saturated heterocycles. The first-order valence-corrected chi connectivity index (χ1v) is 11.1. The molecule has 35 heavy (non-hydrogen) atoms. The van der Waals surface area contributed by atoms with Crippen LogP contribution >= 0.6 is 0 Å². The van der Waals surface area contributed by atoms with Gasteiger partial charge in [0.1, 0.15) is 0 Å². The lowest BCUT2D eigenvalue weighted by Crippen LogP contribution is -2.33. The highest BCUT2D eigenvalue weighted by Gasteiger charge is 2.34. The molecule has 3 aromatic rings. The van der Waals surface area contributed by atoms with Crippen molar-refractivity contribution in [1.29, 1.82) is 0 Å². The van der Waals surface area contributed by atoms with Crippen LogP contribution in [0.2, 0.25) is 0 Å². The van der Waals surface area contributed by atoms with Crippen LogP contribution in [0.3, 0.4) is 0 Å². The Morgan fingerprint density at radius 1 is 1.03 bits per heavy atom. The predicted octanol–water partition coefficient (Wildman–Crippen LogP) is 4.33. The summed E-state index contributed by atoms with van der Waals surface area (Å²) < 4.78 is 52.5. The molecule has 1 heterocycles. The molecule has 0 fully saturated rings. The van der Waals surface area contributed by atoms with E-state index in [1.54, 1.807) is 6.07 Å². The molecule has 0 aliphatic carbocycles. The largest absolute Gasteiger partial charge is 0.490 e. The second kappa shape index (κ2) is 11.1. The zero-order valence-electron chi connectivity index (χ0n) is 19.6. The Bertz CT molecular complexity index is 1260. The number of alkyl halides is 3. The van der Waals surface area contributed by atoms with E-state index in [2.05, 4.69) is 10.4 Å². The number of rotatable bonds is 9. The van der Waals surface area contributed by atoms with Gasteiger partial charge in [0.25, 0.3) is 5.91 Å². The Hall–Kier alpha value is -3.82. The number of halogens is 3. The summed E-state index contributed by atoms with van der Waals surface area (Å²) in [7, 11) is 0. The number of carbonyl (C=O) groups excluding carboxylic acids is 1. The lowest BCUT2D eigenvalue weighted by Gasteiger charge is -2.16. The fraction of sp³-hybridized carbons (Fsp3) is 0.320. The minimum atomic E-state index is -4.63. The van der Waals surface area contributed by atoms with Crippen LogP contribution in [0, 0.1) is 6.92 Å². The number of aryl methyl sites for hydroxylation is 1. The molecule has 0 spiro atoms. The van der Waals surface area contributed by atoms with Gasteiger partial charge in [0.2, 0.25) is 5.43 Å². The SMILES string of the molecule is CCOc1ccc(CCNC(=O)c2nn(-c3ccccc3C(F)(F)F)c(C)cc2=O)cc1OCC. The smallest absolute Gasteiger partial charge is 0.418 e. The topological polar surface area (TPSA) is 82.5 Å². The van der Waals surface area contributed by atoms with Crippen molar-refractivity contribution in [3.63, 3.8) is 0 Å². The van der Waals surface area contributed by atoms with E-state index in [0.29, 0.717) is 31.1 Å². The van der Waals surface area contributed by atoms with Crippen LogP contribution in [0.1, 0.15) is 41.2 Å². The average Bonchev–Trinajstić information content (AvgIpc) is 2.80. The van der Waals surface area contributed by atoms with Crippen LogP contribution in [-0.4, -0.2) is 35.4 Å². The van der Waals surface area contributed by atoms with Gasteiger partial charge in [-0.05, 0) is 57.0 Å². The third-order valence-electron chi connectivity index (χ3n) is 5.07. The Balaban J connectivity index is 1.79. The number of hydrogen-bond donors (Lipinski definition) is 1. The Labute approximate surface area is 200 Å². The van der Waals surface area contributed by atoms with E-state index in [4.69, 9.17) is 9.47 Å². The second-order valence-corrected chi connectivity index (χ2v) is 7.58. The van der Waals surface area contributed by atoms with Gasteiger partial charge in [0.05, 0.1) is 24.5 Å². The number of nitrogens with one attached hydrogen (secondary N) is 1. The van der Waals surface area contributed by atoms with E-state index in [1.807, 2.05) is 26.0 Å². The van der Waals surface area contributed by atoms with Crippen LogP contribution < -0.4 is 20.2 Å². The third kappa shape index (κ3) is 6.20. The van der Waals surface area contributed by atoms with Crippen molar-refractivity contribution in [2.75, 3.05) is 19.8 Å². The number of benzene rings is 2. The average molecular weight is 489 g/mol. The summed E-state index contributed by atoms with van der Waals surface area (Å²) in [5.74, 6) is 0.430. The maximum Gasteiger partial charge on any atom is 0.418 e. The molecule has 0 aliphatic rings. The number of para-hydroxylation sites is 1. The summed E-state index contributed by atoms with van der Waals surface area (Å²) in [4.78, 5) is 25.1. The van der Waals surface area contributed by atoms with Gasteiger partial charge >= 0.3 is 6.18 Å². The quantitative estimate of drug-likeness (QED) is 0.484.